The summed E-state index contributed by atoms with van der Waals surface area (Å²) in [6.45, 7) is 2.43. The summed E-state index contributed by atoms with van der Waals surface area (Å²) in [6.07, 6.45) is 2.40. The first-order valence-corrected chi connectivity index (χ1v) is 8.76. The molecule has 0 aliphatic carbocycles. The second-order valence-electron chi connectivity index (χ2n) is 5.52. The number of hydrogen-bond acceptors (Lipinski definition) is 2. The maximum Gasteiger partial charge on any atom is 0.130 e. The van der Waals surface area contributed by atoms with E-state index in [4.69, 9.17) is 40.2 Å². The van der Waals surface area contributed by atoms with E-state index >= 15 is 0 Å². The minimum atomic E-state index is 0.385. The highest BCUT2D eigenvalue weighted by atomic mass is 35.5. The molecule has 2 nitrogen and oxygen atoms in total. The van der Waals surface area contributed by atoms with Crippen molar-refractivity contribution in [2.45, 2.75) is 19.4 Å². The van der Waals surface area contributed by atoms with Crippen LogP contribution >= 0.6 is 35.4 Å². The predicted molar refractivity (Wildman–Crippen MR) is 99.7 cm³/mol. The summed E-state index contributed by atoms with van der Waals surface area (Å²) in [5.41, 5.74) is 1.87. The molecule has 0 atom stereocenters. The Kier molecular flexibility index (Phi) is 5.42. The van der Waals surface area contributed by atoms with E-state index in [1.807, 2.05) is 36.4 Å². The quantitative estimate of drug-likeness (QED) is 0.678. The molecule has 0 radical (unpaired) electrons. The molecule has 0 amide bonds. The Bertz CT molecular complexity index is 714. The maximum absolute atomic E-state index is 6.20. The highest BCUT2D eigenvalue weighted by Gasteiger charge is 2.19. The average Bonchev–Trinajstić information content (AvgIpc) is 3.08. The standard InChI is InChI=1S/C18H17Cl2NOS/c19-14-8-7-13(16(20)11-14)12-22-17-6-2-1-5-15(17)18(23)21-9-3-4-10-21/h1-2,5-8,11H,3-4,9-10,12H2. The van der Waals surface area contributed by atoms with Crippen molar-refractivity contribution in [2.24, 2.45) is 0 Å². The fourth-order valence-corrected chi connectivity index (χ4v) is 3.47. The molecule has 23 heavy (non-hydrogen) atoms. The molecule has 0 N–H and O–H groups in total. The van der Waals surface area contributed by atoms with Crippen LogP contribution in [0.4, 0.5) is 0 Å². The lowest BCUT2D eigenvalue weighted by Crippen LogP contribution is -2.27. The minimum Gasteiger partial charge on any atom is -0.488 e. The topological polar surface area (TPSA) is 12.5 Å². The Labute approximate surface area is 152 Å². The first-order chi connectivity index (χ1) is 11.1. The molecule has 0 spiro atoms. The number of nitrogens with zero attached hydrogens (tertiary/aromatic N) is 1. The number of rotatable bonds is 4. The monoisotopic (exact) mass is 365 g/mol. The van der Waals surface area contributed by atoms with Crippen LogP contribution in [0, 0.1) is 0 Å². The summed E-state index contributed by atoms with van der Waals surface area (Å²) in [5.74, 6) is 0.787. The SMILES string of the molecule is S=C(c1ccccc1OCc1ccc(Cl)cc1Cl)N1CCCC1. The second kappa shape index (κ2) is 7.52. The largest absolute Gasteiger partial charge is 0.488 e. The number of halogens is 2. The van der Waals surface area contributed by atoms with Gasteiger partial charge in [-0.3, -0.25) is 0 Å². The van der Waals surface area contributed by atoms with E-state index in [-0.39, 0.29) is 0 Å². The summed E-state index contributed by atoms with van der Waals surface area (Å²) in [6, 6.07) is 13.3. The molecule has 2 aromatic carbocycles. The molecule has 5 heteroatoms. The van der Waals surface area contributed by atoms with Gasteiger partial charge in [0.1, 0.15) is 17.3 Å². The van der Waals surface area contributed by atoms with Crippen molar-refractivity contribution in [2.75, 3.05) is 13.1 Å². The highest BCUT2D eigenvalue weighted by Crippen LogP contribution is 2.26. The molecule has 0 saturated carbocycles. The zero-order valence-electron chi connectivity index (χ0n) is 12.6. The molecule has 1 aliphatic heterocycles. The number of benzene rings is 2. The van der Waals surface area contributed by atoms with Crippen LogP contribution in [0.25, 0.3) is 0 Å². The van der Waals surface area contributed by atoms with Crippen molar-refractivity contribution in [3.8, 4) is 5.75 Å². The zero-order valence-corrected chi connectivity index (χ0v) is 14.9. The van der Waals surface area contributed by atoms with E-state index in [1.165, 1.54) is 12.8 Å². The van der Waals surface area contributed by atoms with Gasteiger partial charge >= 0.3 is 0 Å². The Hall–Kier alpha value is -1.29. The number of thiocarbonyl (C=S) groups is 1. The van der Waals surface area contributed by atoms with Crippen LogP contribution in [-0.4, -0.2) is 23.0 Å². The minimum absolute atomic E-state index is 0.385. The van der Waals surface area contributed by atoms with Crippen LogP contribution < -0.4 is 4.74 Å². The zero-order chi connectivity index (χ0) is 16.2. The molecule has 1 aliphatic rings. The maximum atomic E-state index is 6.20. The van der Waals surface area contributed by atoms with Crippen LogP contribution in [0.2, 0.25) is 10.0 Å². The van der Waals surface area contributed by atoms with Crippen molar-refractivity contribution in [3.63, 3.8) is 0 Å². The van der Waals surface area contributed by atoms with Gasteiger partial charge in [0.2, 0.25) is 0 Å². The first-order valence-electron chi connectivity index (χ1n) is 7.60. The van der Waals surface area contributed by atoms with Crippen LogP contribution in [-0.2, 0) is 6.61 Å². The van der Waals surface area contributed by atoms with Crippen LogP contribution in [0.3, 0.4) is 0 Å². The molecule has 1 fully saturated rings. The van der Waals surface area contributed by atoms with Gasteiger partial charge in [0, 0.05) is 28.7 Å². The van der Waals surface area contributed by atoms with Crippen LogP contribution in [0.5, 0.6) is 5.75 Å². The molecule has 0 bridgehead atoms. The molecule has 2 aromatic rings. The number of para-hydroxylation sites is 1. The molecular formula is C18H17Cl2NOS. The highest BCUT2D eigenvalue weighted by molar-refractivity contribution is 7.80. The van der Waals surface area contributed by atoms with Gasteiger partial charge in [-0.05, 0) is 37.1 Å². The summed E-state index contributed by atoms with van der Waals surface area (Å²) >= 11 is 17.8. The Morgan fingerprint density at radius 3 is 2.57 bits per heavy atom. The summed E-state index contributed by atoms with van der Waals surface area (Å²) in [4.78, 5) is 3.10. The molecule has 0 aromatic heterocycles. The Balaban J connectivity index is 1.76. The van der Waals surface area contributed by atoms with Gasteiger partial charge in [-0.1, -0.05) is 53.6 Å². The number of ether oxygens (including phenoxy) is 1. The Morgan fingerprint density at radius 2 is 1.83 bits per heavy atom. The van der Waals surface area contributed by atoms with Crippen molar-refractivity contribution < 1.29 is 4.74 Å². The fraction of sp³-hybridized carbons (Fsp3) is 0.278. The Morgan fingerprint density at radius 1 is 1.09 bits per heavy atom. The summed E-state index contributed by atoms with van der Waals surface area (Å²) in [7, 11) is 0. The molecule has 1 saturated heterocycles. The van der Waals surface area contributed by atoms with Crippen LogP contribution in [0.15, 0.2) is 42.5 Å². The van der Waals surface area contributed by atoms with Gasteiger partial charge in [0.05, 0.1) is 5.56 Å². The van der Waals surface area contributed by atoms with E-state index in [0.29, 0.717) is 16.7 Å². The molecule has 120 valence electrons. The smallest absolute Gasteiger partial charge is 0.130 e. The summed E-state index contributed by atoms with van der Waals surface area (Å²) in [5, 5.41) is 1.23. The van der Waals surface area contributed by atoms with Gasteiger partial charge in [0.25, 0.3) is 0 Å². The van der Waals surface area contributed by atoms with E-state index in [0.717, 1.165) is 35.0 Å². The predicted octanol–water partition coefficient (Wildman–Crippen LogP) is 5.34. The third-order valence-electron chi connectivity index (χ3n) is 3.91. The lowest BCUT2D eigenvalue weighted by Gasteiger charge is -2.21. The lowest BCUT2D eigenvalue weighted by molar-refractivity contribution is 0.305. The van der Waals surface area contributed by atoms with Gasteiger partial charge in [-0.2, -0.15) is 0 Å². The molecule has 0 unspecified atom stereocenters. The number of likely N-dealkylation sites (tertiary alicyclic amines) is 1. The van der Waals surface area contributed by atoms with Crippen molar-refractivity contribution in [1.82, 2.24) is 4.90 Å². The third-order valence-corrected chi connectivity index (χ3v) is 4.97. The van der Waals surface area contributed by atoms with Crippen molar-refractivity contribution >= 4 is 40.4 Å². The van der Waals surface area contributed by atoms with E-state index < -0.39 is 0 Å². The first kappa shape index (κ1) is 16.6. The van der Waals surface area contributed by atoms with E-state index in [2.05, 4.69) is 4.90 Å². The second-order valence-corrected chi connectivity index (χ2v) is 6.75. The van der Waals surface area contributed by atoms with E-state index in [9.17, 15) is 0 Å². The van der Waals surface area contributed by atoms with Gasteiger partial charge in [-0.25, -0.2) is 0 Å². The van der Waals surface area contributed by atoms with Gasteiger partial charge < -0.3 is 9.64 Å². The molecular weight excluding hydrogens is 349 g/mol. The van der Waals surface area contributed by atoms with Gasteiger partial charge in [-0.15, -0.1) is 0 Å². The number of hydrogen-bond donors (Lipinski definition) is 0. The van der Waals surface area contributed by atoms with Gasteiger partial charge in [0.15, 0.2) is 0 Å². The average molecular weight is 366 g/mol. The molecule has 1 heterocycles. The van der Waals surface area contributed by atoms with Crippen molar-refractivity contribution in [1.29, 1.82) is 0 Å². The van der Waals surface area contributed by atoms with Crippen molar-refractivity contribution in [3.05, 3.63) is 63.6 Å². The molecule has 3 rings (SSSR count). The van der Waals surface area contributed by atoms with Crippen LogP contribution in [0.1, 0.15) is 24.0 Å². The normalized spacial score (nSPS) is 14.1. The fourth-order valence-electron chi connectivity index (χ4n) is 2.65. The third kappa shape index (κ3) is 3.97. The lowest BCUT2D eigenvalue weighted by atomic mass is 10.2. The summed E-state index contributed by atoms with van der Waals surface area (Å²) < 4.78 is 5.98. The van der Waals surface area contributed by atoms with E-state index in [1.54, 1.807) is 6.07 Å².